The number of ether oxygens (including phenoxy) is 2. The van der Waals surface area contributed by atoms with Crippen LogP contribution < -0.4 is 19.7 Å². The molecule has 0 radical (unpaired) electrons. The summed E-state index contributed by atoms with van der Waals surface area (Å²) in [5, 5.41) is 3.36. The lowest BCUT2D eigenvalue weighted by molar-refractivity contribution is 0.393. The number of nitrogens with one attached hydrogen (secondary N) is 1. The topological polar surface area (TPSA) is 33.7 Å². The predicted octanol–water partition coefficient (Wildman–Crippen LogP) is 1.89. The van der Waals surface area contributed by atoms with Gasteiger partial charge >= 0.3 is 0 Å². The van der Waals surface area contributed by atoms with Crippen LogP contribution in [0.3, 0.4) is 0 Å². The molecule has 100 valence electrons. The van der Waals surface area contributed by atoms with E-state index in [9.17, 15) is 0 Å². The molecular formula is C14H22N2O2. The summed E-state index contributed by atoms with van der Waals surface area (Å²) in [6, 6.07) is 6.61. The van der Waals surface area contributed by atoms with E-state index in [0.29, 0.717) is 6.04 Å². The van der Waals surface area contributed by atoms with Crippen molar-refractivity contribution >= 4 is 5.69 Å². The normalized spacial score (nSPS) is 19.7. The zero-order valence-corrected chi connectivity index (χ0v) is 11.4. The van der Waals surface area contributed by atoms with Crippen LogP contribution in [0.25, 0.3) is 0 Å². The summed E-state index contributed by atoms with van der Waals surface area (Å²) in [6.45, 7) is 2.13. The van der Waals surface area contributed by atoms with Gasteiger partial charge in [0.15, 0.2) is 0 Å². The molecule has 0 aromatic heterocycles. The first-order valence-electron chi connectivity index (χ1n) is 6.42. The molecule has 2 rings (SSSR count). The Kier molecular flexibility index (Phi) is 4.31. The van der Waals surface area contributed by atoms with Crippen molar-refractivity contribution in [1.29, 1.82) is 0 Å². The fourth-order valence-electron chi connectivity index (χ4n) is 2.42. The zero-order chi connectivity index (χ0) is 13.0. The lowest BCUT2D eigenvalue weighted by Crippen LogP contribution is -2.44. The van der Waals surface area contributed by atoms with Crippen molar-refractivity contribution in [2.75, 3.05) is 39.3 Å². The van der Waals surface area contributed by atoms with Crippen molar-refractivity contribution in [1.82, 2.24) is 5.32 Å². The highest BCUT2D eigenvalue weighted by atomic mass is 16.5. The molecule has 1 aromatic rings. The van der Waals surface area contributed by atoms with Gasteiger partial charge in [-0.05, 0) is 19.9 Å². The van der Waals surface area contributed by atoms with Crippen LogP contribution in [0.5, 0.6) is 11.5 Å². The number of methoxy groups -OCH3 is 2. The third-order valence-electron chi connectivity index (χ3n) is 3.53. The highest BCUT2D eigenvalue weighted by Crippen LogP contribution is 2.30. The summed E-state index contributed by atoms with van der Waals surface area (Å²) in [6.07, 6.45) is 2.46. The van der Waals surface area contributed by atoms with Gasteiger partial charge in [-0.3, -0.25) is 0 Å². The van der Waals surface area contributed by atoms with E-state index >= 15 is 0 Å². The SMILES string of the molecule is CNC1CCCN(c2cc(OC)cc(OC)c2)C1. The molecule has 1 saturated heterocycles. The Morgan fingerprint density at radius 1 is 1.17 bits per heavy atom. The molecule has 0 spiro atoms. The van der Waals surface area contributed by atoms with Gasteiger partial charge in [0, 0.05) is 43.0 Å². The molecule has 1 aliphatic heterocycles. The first kappa shape index (κ1) is 13.0. The van der Waals surface area contributed by atoms with E-state index in [1.165, 1.54) is 18.5 Å². The molecule has 0 bridgehead atoms. The summed E-state index contributed by atoms with van der Waals surface area (Å²) >= 11 is 0. The maximum atomic E-state index is 5.32. The lowest BCUT2D eigenvalue weighted by atomic mass is 10.1. The molecular weight excluding hydrogens is 228 g/mol. The number of hydrogen-bond acceptors (Lipinski definition) is 4. The monoisotopic (exact) mass is 250 g/mol. The number of piperidine rings is 1. The van der Waals surface area contributed by atoms with Gasteiger partial charge in [-0.2, -0.15) is 0 Å². The molecule has 0 saturated carbocycles. The molecule has 1 aliphatic rings. The number of rotatable bonds is 4. The van der Waals surface area contributed by atoms with Crippen molar-refractivity contribution in [2.45, 2.75) is 18.9 Å². The Labute approximate surface area is 109 Å². The van der Waals surface area contributed by atoms with E-state index in [2.05, 4.69) is 22.3 Å². The number of nitrogens with zero attached hydrogens (tertiary/aromatic N) is 1. The second kappa shape index (κ2) is 5.96. The van der Waals surface area contributed by atoms with Gasteiger partial charge in [-0.25, -0.2) is 0 Å². The molecule has 18 heavy (non-hydrogen) atoms. The highest BCUT2D eigenvalue weighted by molar-refractivity contribution is 5.56. The summed E-state index contributed by atoms with van der Waals surface area (Å²) in [5.74, 6) is 1.69. The Morgan fingerprint density at radius 3 is 2.39 bits per heavy atom. The molecule has 1 atom stereocenters. The van der Waals surface area contributed by atoms with E-state index in [4.69, 9.17) is 9.47 Å². The maximum Gasteiger partial charge on any atom is 0.124 e. The average Bonchev–Trinajstić information content (AvgIpc) is 2.46. The van der Waals surface area contributed by atoms with Crippen LogP contribution in [-0.2, 0) is 0 Å². The van der Waals surface area contributed by atoms with E-state index in [-0.39, 0.29) is 0 Å². The minimum absolute atomic E-state index is 0.566. The van der Waals surface area contributed by atoms with Gasteiger partial charge in [0.25, 0.3) is 0 Å². The summed E-state index contributed by atoms with van der Waals surface area (Å²) < 4.78 is 10.6. The summed E-state index contributed by atoms with van der Waals surface area (Å²) in [5.41, 5.74) is 1.17. The average molecular weight is 250 g/mol. The lowest BCUT2D eigenvalue weighted by Gasteiger charge is -2.34. The van der Waals surface area contributed by atoms with Crippen LogP contribution in [-0.4, -0.2) is 40.4 Å². The summed E-state index contributed by atoms with van der Waals surface area (Å²) in [7, 11) is 5.40. The van der Waals surface area contributed by atoms with Crippen LogP contribution in [0.4, 0.5) is 5.69 Å². The zero-order valence-electron chi connectivity index (χ0n) is 11.4. The Balaban J connectivity index is 2.20. The van der Waals surface area contributed by atoms with E-state index in [0.717, 1.165) is 24.6 Å². The Bertz CT molecular complexity index is 373. The largest absolute Gasteiger partial charge is 0.497 e. The van der Waals surface area contributed by atoms with Crippen molar-refractivity contribution < 1.29 is 9.47 Å². The van der Waals surface area contributed by atoms with Crippen LogP contribution in [0.1, 0.15) is 12.8 Å². The molecule has 0 aliphatic carbocycles. The van der Waals surface area contributed by atoms with E-state index in [1.54, 1.807) is 14.2 Å². The van der Waals surface area contributed by atoms with Gasteiger partial charge in [-0.15, -0.1) is 0 Å². The van der Waals surface area contributed by atoms with Crippen molar-refractivity contribution in [2.24, 2.45) is 0 Å². The van der Waals surface area contributed by atoms with Crippen molar-refractivity contribution in [3.8, 4) is 11.5 Å². The van der Waals surface area contributed by atoms with E-state index < -0.39 is 0 Å². The van der Waals surface area contributed by atoms with Crippen LogP contribution in [0.15, 0.2) is 18.2 Å². The minimum Gasteiger partial charge on any atom is -0.497 e. The standard InChI is InChI=1S/C14H22N2O2/c1-15-11-5-4-6-16(10-11)12-7-13(17-2)9-14(8-12)18-3/h7-9,11,15H,4-6,10H2,1-3H3. The van der Waals surface area contributed by atoms with Crippen LogP contribution >= 0.6 is 0 Å². The number of likely N-dealkylation sites (N-methyl/N-ethyl adjacent to an activating group) is 1. The van der Waals surface area contributed by atoms with Crippen LogP contribution in [0, 0.1) is 0 Å². The van der Waals surface area contributed by atoms with Gasteiger partial charge in [0.1, 0.15) is 11.5 Å². The number of benzene rings is 1. The first-order chi connectivity index (χ1) is 8.76. The molecule has 4 heteroatoms. The Hall–Kier alpha value is -1.42. The van der Waals surface area contributed by atoms with Crippen molar-refractivity contribution in [3.63, 3.8) is 0 Å². The van der Waals surface area contributed by atoms with Gasteiger partial charge in [0.05, 0.1) is 14.2 Å². The third-order valence-corrected chi connectivity index (χ3v) is 3.53. The molecule has 1 heterocycles. The van der Waals surface area contributed by atoms with Gasteiger partial charge in [0.2, 0.25) is 0 Å². The number of hydrogen-bond donors (Lipinski definition) is 1. The molecule has 1 N–H and O–H groups in total. The second-order valence-corrected chi connectivity index (χ2v) is 4.64. The number of anilines is 1. The quantitative estimate of drug-likeness (QED) is 0.885. The van der Waals surface area contributed by atoms with Crippen molar-refractivity contribution in [3.05, 3.63) is 18.2 Å². The first-order valence-corrected chi connectivity index (χ1v) is 6.42. The molecule has 0 amide bonds. The second-order valence-electron chi connectivity index (χ2n) is 4.64. The third kappa shape index (κ3) is 2.88. The fourth-order valence-corrected chi connectivity index (χ4v) is 2.42. The smallest absolute Gasteiger partial charge is 0.124 e. The highest BCUT2D eigenvalue weighted by Gasteiger charge is 2.19. The van der Waals surface area contributed by atoms with E-state index in [1.807, 2.05) is 13.1 Å². The van der Waals surface area contributed by atoms with Gasteiger partial charge in [-0.1, -0.05) is 0 Å². The molecule has 1 aromatic carbocycles. The summed E-state index contributed by atoms with van der Waals surface area (Å²) in [4.78, 5) is 2.38. The van der Waals surface area contributed by atoms with Crippen LogP contribution in [0.2, 0.25) is 0 Å². The minimum atomic E-state index is 0.566. The Morgan fingerprint density at radius 2 is 1.83 bits per heavy atom. The predicted molar refractivity (Wildman–Crippen MR) is 73.8 cm³/mol. The molecule has 1 unspecified atom stereocenters. The fraction of sp³-hybridized carbons (Fsp3) is 0.571. The van der Waals surface area contributed by atoms with Gasteiger partial charge < -0.3 is 19.7 Å². The maximum absolute atomic E-state index is 5.32. The molecule has 4 nitrogen and oxygen atoms in total. The molecule has 1 fully saturated rings.